The van der Waals surface area contributed by atoms with Crippen LogP contribution in [0.4, 0.5) is 0 Å². The summed E-state index contributed by atoms with van der Waals surface area (Å²) in [5, 5.41) is 0. The minimum absolute atomic E-state index is 0.223. The molecule has 4 heteroatoms. The van der Waals surface area contributed by atoms with Crippen LogP contribution in [-0.2, 0) is 14.2 Å². The van der Waals surface area contributed by atoms with E-state index in [0.29, 0.717) is 18.0 Å². The van der Waals surface area contributed by atoms with E-state index in [4.69, 9.17) is 14.2 Å². The van der Waals surface area contributed by atoms with Crippen LogP contribution in [0.5, 0.6) is 0 Å². The Morgan fingerprint density at radius 2 is 1.94 bits per heavy atom. The van der Waals surface area contributed by atoms with Crippen LogP contribution in [0, 0.1) is 0 Å². The third-order valence-corrected chi connectivity index (χ3v) is 3.64. The van der Waals surface area contributed by atoms with Gasteiger partial charge < -0.3 is 14.2 Å². The lowest BCUT2D eigenvalue weighted by molar-refractivity contribution is -0.126. The Balaban J connectivity index is 1.96. The SMILES string of the molecule is CCCCOCCOC1CC(Br)C1OCC. The fourth-order valence-electron chi connectivity index (χ4n) is 1.70. The van der Waals surface area contributed by atoms with E-state index in [2.05, 4.69) is 22.9 Å². The molecule has 0 saturated heterocycles. The summed E-state index contributed by atoms with van der Waals surface area (Å²) in [5.74, 6) is 0. The molecule has 3 atom stereocenters. The largest absolute Gasteiger partial charge is 0.379 e. The average molecular weight is 295 g/mol. The highest BCUT2D eigenvalue weighted by atomic mass is 79.9. The van der Waals surface area contributed by atoms with E-state index < -0.39 is 0 Å². The molecule has 1 aliphatic carbocycles. The molecule has 0 N–H and O–H groups in total. The van der Waals surface area contributed by atoms with Gasteiger partial charge in [0, 0.05) is 18.0 Å². The van der Waals surface area contributed by atoms with Gasteiger partial charge in [-0.15, -0.1) is 0 Å². The van der Waals surface area contributed by atoms with Gasteiger partial charge in [0.05, 0.1) is 25.4 Å². The molecule has 0 bridgehead atoms. The van der Waals surface area contributed by atoms with Crippen LogP contribution in [0.1, 0.15) is 33.1 Å². The van der Waals surface area contributed by atoms with Crippen molar-refractivity contribution < 1.29 is 14.2 Å². The summed E-state index contributed by atoms with van der Waals surface area (Å²) in [5.41, 5.74) is 0. The van der Waals surface area contributed by atoms with Crippen molar-refractivity contribution in [1.29, 1.82) is 0 Å². The maximum absolute atomic E-state index is 5.71. The molecule has 16 heavy (non-hydrogen) atoms. The topological polar surface area (TPSA) is 27.7 Å². The lowest BCUT2D eigenvalue weighted by Gasteiger charge is -2.40. The first-order valence-electron chi connectivity index (χ1n) is 6.24. The molecule has 1 rings (SSSR count). The van der Waals surface area contributed by atoms with Crippen molar-refractivity contribution in [1.82, 2.24) is 0 Å². The standard InChI is InChI=1S/C12H23BrO3/c1-3-5-6-14-7-8-16-11-9-10(13)12(11)15-4-2/h10-12H,3-9H2,1-2H3. The van der Waals surface area contributed by atoms with Gasteiger partial charge in [0.2, 0.25) is 0 Å². The molecule has 0 spiro atoms. The monoisotopic (exact) mass is 294 g/mol. The Labute approximate surface area is 107 Å². The Morgan fingerprint density at radius 3 is 2.56 bits per heavy atom. The van der Waals surface area contributed by atoms with Gasteiger partial charge in [0.25, 0.3) is 0 Å². The minimum atomic E-state index is 0.223. The highest BCUT2D eigenvalue weighted by Crippen LogP contribution is 2.33. The van der Waals surface area contributed by atoms with Crippen molar-refractivity contribution in [2.24, 2.45) is 0 Å². The first kappa shape index (κ1) is 14.4. The smallest absolute Gasteiger partial charge is 0.0962 e. The van der Waals surface area contributed by atoms with Crippen LogP contribution in [-0.4, -0.2) is 43.5 Å². The van der Waals surface area contributed by atoms with Crippen LogP contribution in [0.15, 0.2) is 0 Å². The fraction of sp³-hybridized carbons (Fsp3) is 1.00. The second-order valence-corrected chi connectivity index (χ2v) is 5.22. The first-order chi connectivity index (χ1) is 7.79. The van der Waals surface area contributed by atoms with E-state index in [1.807, 2.05) is 6.92 Å². The second-order valence-electron chi connectivity index (χ2n) is 4.05. The lowest BCUT2D eigenvalue weighted by Crippen LogP contribution is -2.51. The summed E-state index contributed by atoms with van der Waals surface area (Å²) >= 11 is 3.57. The lowest BCUT2D eigenvalue weighted by atomic mass is 9.91. The van der Waals surface area contributed by atoms with Crippen LogP contribution in [0.2, 0.25) is 0 Å². The normalized spacial score (nSPS) is 29.1. The molecular formula is C12H23BrO3. The number of ether oxygens (including phenoxy) is 3. The van der Waals surface area contributed by atoms with Crippen LogP contribution < -0.4 is 0 Å². The molecule has 0 aromatic carbocycles. The molecule has 1 fully saturated rings. The summed E-state index contributed by atoms with van der Waals surface area (Å²) < 4.78 is 16.7. The predicted octanol–water partition coefficient (Wildman–Crippen LogP) is 2.76. The fourth-order valence-corrected chi connectivity index (χ4v) is 2.56. The Kier molecular flexibility index (Phi) is 7.62. The van der Waals surface area contributed by atoms with E-state index in [-0.39, 0.29) is 12.2 Å². The summed E-state index contributed by atoms with van der Waals surface area (Å²) in [7, 11) is 0. The Hall–Kier alpha value is 0.360. The van der Waals surface area contributed by atoms with Crippen LogP contribution in [0.25, 0.3) is 0 Å². The first-order valence-corrected chi connectivity index (χ1v) is 7.16. The molecule has 1 aliphatic rings. The number of halogens is 1. The van der Waals surface area contributed by atoms with Crippen molar-refractivity contribution in [2.45, 2.75) is 50.1 Å². The predicted molar refractivity (Wildman–Crippen MR) is 68.2 cm³/mol. The summed E-state index contributed by atoms with van der Waals surface area (Å²) in [6.45, 7) is 7.15. The molecule has 1 saturated carbocycles. The molecular weight excluding hydrogens is 272 g/mol. The van der Waals surface area contributed by atoms with Gasteiger partial charge in [0.15, 0.2) is 0 Å². The van der Waals surface area contributed by atoms with E-state index >= 15 is 0 Å². The van der Waals surface area contributed by atoms with Gasteiger partial charge in [-0.1, -0.05) is 29.3 Å². The van der Waals surface area contributed by atoms with Gasteiger partial charge in [-0.05, 0) is 19.8 Å². The third-order valence-electron chi connectivity index (χ3n) is 2.74. The summed E-state index contributed by atoms with van der Waals surface area (Å²) in [6.07, 6.45) is 3.83. The van der Waals surface area contributed by atoms with Crippen molar-refractivity contribution in [2.75, 3.05) is 26.4 Å². The average Bonchev–Trinajstić information content (AvgIpc) is 2.29. The quantitative estimate of drug-likeness (QED) is 0.483. The van der Waals surface area contributed by atoms with Crippen molar-refractivity contribution in [3.8, 4) is 0 Å². The molecule has 0 aliphatic heterocycles. The number of alkyl halides is 1. The molecule has 0 aromatic heterocycles. The van der Waals surface area contributed by atoms with E-state index in [9.17, 15) is 0 Å². The molecule has 96 valence electrons. The summed E-state index contributed by atoms with van der Waals surface area (Å²) in [4.78, 5) is 0.457. The van der Waals surface area contributed by atoms with Crippen LogP contribution in [0.3, 0.4) is 0 Å². The van der Waals surface area contributed by atoms with E-state index in [1.54, 1.807) is 0 Å². The van der Waals surface area contributed by atoms with E-state index in [0.717, 1.165) is 26.1 Å². The van der Waals surface area contributed by atoms with Gasteiger partial charge in [-0.25, -0.2) is 0 Å². The highest BCUT2D eigenvalue weighted by molar-refractivity contribution is 9.09. The number of hydrogen-bond acceptors (Lipinski definition) is 3. The molecule has 0 radical (unpaired) electrons. The zero-order valence-corrected chi connectivity index (χ0v) is 11.9. The van der Waals surface area contributed by atoms with Crippen molar-refractivity contribution in [3.05, 3.63) is 0 Å². The third kappa shape index (κ3) is 4.70. The number of hydrogen-bond donors (Lipinski definition) is 0. The maximum Gasteiger partial charge on any atom is 0.0962 e. The molecule has 0 heterocycles. The van der Waals surface area contributed by atoms with Gasteiger partial charge in [-0.3, -0.25) is 0 Å². The van der Waals surface area contributed by atoms with Gasteiger partial charge in [-0.2, -0.15) is 0 Å². The summed E-state index contributed by atoms with van der Waals surface area (Å²) in [6, 6.07) is 0. The van der Waals surface area contributed by atoms with Gasteiger partial charge >= 0.3 is 0 Å². The number of unbranched alkanes of at least 4 members (excludes halogenated alkanes) is 1. The van der Waals surface area contributed by atoms with E-state index in [1.165, 1.54) is 6.42 Å². The van der Waals surface area contributed by atoms with Crippen molar-refractivity contribution >= 4 is 15.9 Å². The number of rotatable bonds is 9. The highest BCUT2D eigenvalue weighted by Gasteiger charge is 2.40. The zero-order valence-electron chi connectivity index (χ0n) is 10.3. The molecule has 0 aromatic rings. The maximum atomic E-state index is 5.71. The second kappa shape index (κ2) is 8.45. The van der Waals surface area contributed by atoms with Gasteiger partial charge in [0.1, 0.15) is 0 Å². The molecule has 0 amide bonds. The Morgan fingerprint density at radius 1 is 1.12 bits per heavy atom. The molecule has 3 nitrogen and oxygen atoms in total. The van der Waals surface area contributed by atoms with Crippen molar-refractivity contribution in [3.63, 3.8) is 0 Å². The Bertz CT molecular complexity index is 178. The minimum Gasteiger partial charge on any atom is -0.379 e. The van der Waals surface area contributed by atoms with Crippen LogP contribution >= 0.6 is 15.9 Å². The zero-order chi connectivity index (χ0) is 11.8. The molecule has 3 unspecified atom stereocenters.